The van der Waals surface area contributed by atoms with Gasteiger partial charge in [0.05, 0.1) is 21.5 Å². The number of nitrogens with zero attached hydrogens (tertiary/aromatic N) is 3. The van der Waals surface area contributed by atoms with Crippen molar-refractivity contribution in [2.45, 2.75) is 13.3 Å². The van der Waals surface area contributed by atoms with Gasteiger partial charge < -0.3 is 10.3 Å². The van der Waals surface area contributed by atoms with Gasteiger partial charge in [0, 0.05) is 44.3 Å². The van der Waals surface area contributed by atoms with E-state index in [2.05, 4.69) is 10.9 Å². The maximum atomic E-state index is 12.1. The van der Waals surface area contributed by atoms with Gasteiger partial charge in [0.25, 0.3) is 17.3 Å². The van der Waals surface area contributed by atoms with Gasteiger partial charge >= 0.3 is 0 Å². The van der Waals surface area contributed by atoms with Crippen molar-refractivity contribution in [2.24, 2.45) is 0 Å². The van der Waals surface area contributed by atoms with Crippen LogP contribution in [-0.4, -0.2) is 39.7 Å². The van der Waals surface area contributed by atoms with E-state index in [0.29, 0.717) is 25.2 Å². The lowest BCUT2D eigenvalue weighted by atomic mass is 10.1. The maximum Gasteiger partial charge on any atom is 0.277 e. The average molecular weight is 349 g/mol. The van der Waals surface area contributed by atoms with Crippen molar-refractivity contribution >= 4 is 23.2 Å². The summed E-state index contributed by atoms with van der Waals surface area (Å²) in [5.41, 5.74) is 4.36. The monoisotopic (exact) mass is 349 g/mol. The van der Waals surface area contributed by atoms with Gasteiger partial charge in [-0.25, -0.2) is 0 Å². The minimum atomic E-state index is -0.808. The molecule has 25 heavy (non-hydrogen) atoms. The number of hydrogen-bond donors (Lipinski definition) is 2. The van der Waals surface area contributed by atoms with Crippen LogP contribution in [0.3, 0.4) is 0 Å². The number of benzene rings is 1. The summed E-state index contributed by atoms with van der Waals surface area (Å²) in [6.07, 6.45) is 2.22. The summed E-state index contributed by atoms with van der Waals surface area (Å²) in [4.78, 5) is 45.0. The van der Waals surface area contributed by atoms with Crippen LogP contribution in [0.5, 0.6) is 0 Å². The third-order valence-corrected chi connectivity index (χ3v) is 3.58. The summed E-state index contributed by atoms with van der Waals surface area (Å²) in [6.45, 7) is 2.35. The molecule has 11 heteroatoms. The van der Waals surface area contributed by atoms with Gasteiger partial charge in [-0.15, -0.1) is 0 Å². The summed E-state index contributed by atoms with van der Waals surface area (Å²) in [5, 5.41) is 21.7. The SMILES string of the molecule is CC(=O)N1CC=C(NNC(=O)c2cc([N+](=O)[O-])cc([N+](=O)[O-])c2)CC1. The Morgan fingerprint density at radius 2 is 1.72 bits per heavy atom. The molecule has 1 aromatic rings. The first-order valence-electron chi connectivity index (χ1n) is 7.22. The van der Waals surface area contributed by atoms with Crippen molar-refractivity contribution in [2.75, 3.05) is 13.1 Å². The highest BCUT2D eigenvalue weighted by molar-refractivity contribution is 5.95. The third-order valence-electron chi connectivity index (χ3n) is 3.58. The molecule has 0 spiro atoms. The van der Waals surface area contributed by atoms with Crippen LogP contribution in [0.4, 0.5) is 11.4 Å². The second-order valence-corrected chi connectivity index (χ2v) is 5.28. The summed E-state index contributed by atoms with van der Waals surface area (Å²) < 4.78 is 0. The first-order valence-corrected chi connectivity index (χ1v) is 7.22. The second-order valence-electron chi connectivity index (χ2n) is 5.28. The number of non-ortho nitro benzene ring substituents is 2. The number of nitrogens with one attached hydrogen (secondary N) is 2. The highest BCUT2D eigenvalue weighted by Gasteiger charge is 2.20. The standard InChI is InChI=1S/C14H15N5O6/c1-9(20)17-4-2-11(3-5-17)15-16-14(21)10-6-12(18(22)23)8-13(7-10)19(24)25/h2,6-8,15H,3-5H2,1H3,(H,16,21). The van der Waals surface area contributed by atoms with Crippen molar-refractivity contribution < 1.29 is 19.4 Å². The fourth-order valence-electron chi connectivity index (χ4n) is 2.21. The fraction of sp³-hybridized carbons (Fsp3) is 0.286. The van der Waals surface area contributed by atoms with Gasteiger partial charge in [0.1, 0.15) is 0 Å². The Hall–Kier alpha value is -3.50. The Labute approximate surface area is 141 Å². The first kappa shape index (κ1) is 17.8. The molecule has 1 aliphatic rings. The number of rotatable bonds is 5. The van der Waals surface area contributed by atoms with E-state index < -0.39 is 27.1 Å². The molecule has 1 aliphatic heterocycles. The molecular formula is C14H15N5O6. The van der Waals surface area contributed by atoms with Gasteiger partial charge in [-0.05, 0) is 6.08 Å². The van der Waals surface area contributed by atoms with E-state index in [1.807, 2.05) is 0 Å². The summed E-state index contributed by atoms with van der Waals surface area (Å²) in [7, 11) is 0. The summed E-state index contributed by atoms with van der Waals surface area (Å²) in [6, 6.07) is 2.69. The van der Waals surface area contributed by atoms with Crippen LogP contribution in [0.15, 0.2) is 30.0 Å². The van der Waals surface area contributed by atoms with E-state index in [1.54, 1.807) is 11.0 Å². The molecule has 132 valence electrons. The van der Waals surface area contributed by atoms with Crippen molar-refractivity contribution in [1.29, 1.82) is 0 Å². The van der Waals surface area contributed by atoms with E-state index >= 15 is 0 Å². The predicted molar refractivity (Wildman–Crippen MR) is 85.3 cm³/mol. The van der Waals surface area contributed by atoms with Crippen LogP contribution in [0.25, 0.3) is 0 Å². The second kappa shape index (κ2) is 7.38. The van der Waals surface area contributed by atoms with Crippen LogP contribution in [0.2, 0.25) is 0 Å². The molecule has 0 radical (unpaired) electrons. The molecule has 0 unspecified atom stereocenters. The third kappa shape index (κ3) is 4.50. The number of hydrazine groups is 1. The van der Waals surface area contributed by atoms with E-state index in [4.69, 9.17) is 0 Å². The lowest BCUT2D eigenvalue weighted by Gasteiger charge is -2.25. The number of nitro benzene ring substituents is 2. The van der Waals surface area contributed by atoms with Crippen LogP contribution in [-0.2, 0) is 4.79 Å². The molecular weight excluding hydrogens is 334 g/mol. The Balaban J connectivity index is 2.07. The quantitative estimate of drug-likeness (QED) is 0.592. The summed E-state index contributed by atoms with van der Waals surface area (Å²) in [5.74, 6) is -0.801. The zero-order chi connectivity index (χ0) is 18.6. The molecule has 2 N–H and O–H groups in total. The number of hydrogen-bond acceptors (Lipinski definition) is 7. The number of amides is 2. The number of carbonyl (C=O) groups excluding carboxylic acids is 2. The number of nitro groups is 2. The average Bonchev–Trinajstić information content (AvgIpc) is 2.59. The van der Waals surface area contributed by atoms with Crippen molar-refractivity contribution in [3.63, 3.8) is 0 Å². The minimum Gasteiger partial charge on any atom is -0.339 e. The molecule has 0 saturated carbocycles. The minimum absolute atomic E-state index is 0.0526. The van der Waals surface area contributed by atoms with Crippen LogP contribution in [0, 0.1) is 20.2 Å². The van der Waals surface area contributed by atoms with Gasteiger partial charge in [0.2, 0.25) is 5.91 Å². The molecule has 1 aromatic carbocycles. The smallest absolute Gasteiger partial charge is 0.277 e. The Morgan fingerprint density at radius 3 is 2.16 bits per heavy atom. The predicted octanol–water partition coefficient (Wildman–Crippen LogP) is 0.873. The molecule has 0 aromatic heterocycles. The van der Waals surface area contributed by atoms with Crippen LogP contribution in [0.1, 0.15) is 23.7 Å². The molecule has 0 fully saturated rings. The molecule has 0 bridgehead atoms. The van der Waals surface area contributed by atoms with Crippen molar-refractivity contribution in [3.8, 4) is 0 Å². The zero-order valence-electron chi connectivity index (χ0n) is 13.2. The van der Waals surface area contributed by atoms with Crippen LogP contribution >= 0.6 is 0 Å². The van der Waals surface area contributed by atoms with E-state index in [1.165, 1.54) is 6.92 Å². The van der Waals surface area contributed by atoms with Crippen molar-refractivity contribution in [3.05, 3.63) is 55.8 Å². The normalized spacial score (nSPS) is 13.6. The fourth-order valence-corrected chi connectivity index (χ4v) is 2.21. The van der Waals surface area contributed by atoms with E-state index in [-0.39, 0.29) is 11.5 Å². The zero-order valence-corrected chi connectivity index (χ0v) is 13.2. The van der Waals surface area contributed by atoms with Gasteiger partial charge in [-0.1, -0.05) is 0 Å². The first-order chi connectivity index (χ1) is 11.8. The molecule has 1 heterocycles. The van der Waals surface area contributed by atoms with Gasteiger partial charge in [-0.2, -0.15) is 0 Å². The van der Waals surface area contributed by atoms with Gasteiger partial charge in [-0.3, -0.25) is 35.2 Å². The number of carbonyl (C=O) groups is 2. The van der Waals surface area contributed by atoms with Crippen molar-refractivity contribution in [1.82, 2.24) is 15.8 Å². The Bertz CT molecular complexity index is 743. The topological polar surface area (TPSA) is 148 Å². The Morgan fingerprint density at radius 1 is 1.12 bits per heavy atom. The lowest BCUT2D eigenvalue weighted by molar-refractivity contribution is -0.394. The highest BCUT2D eigenvalue weighted by atomic mass is 16.6. The molecule has 11 nitrogen and oxygen atoms in total. The largest absolute Gasteiger partial charge is 0.339 e. The molecule has 0 saturated heterocycles. The van der Waals surface area contributed by atoms with Gasteiger partial charge in [0.15, 0.2) is 0 Å². The highest BCUT2D eigenvalue weighted by Crippen LogP contribution is 2.22. The van der Waals surface area contributed by atoms with E-state index in [9.17, 15) is 29.8 Å². The molecule has 0 atom stereocenters. The maximum absolute atomic E-state index is 12.1. The van der Waals surface area contributed by atoms with E-state index in [0.717, 1.165) is 18.2 Å². The molecule has 0 aliphatic carbocycles. The summed E-state index contributed by atoms with van der Waals surface area (Å²) >= 11 is 0. The molecule has 2 rings (SSSR count). The lowest BCUT2D eigenvalue weighted by Crippen LogP contribution is -2.41. The molecule has 2 amide bonds. The Kier molecular flexibility index (Phi) is 5.27. The van der Waals surface area contributed by atoms with Crippen LogP contribution < -0.4 is 10.9 Å².